The molecule has 129 heavy (non-hydrogen) atoms. The number of aromatic nitrogens is 8. The quantitative estimate of drug-likeness (QED) is 0.105. The number of nitrogens with zero attached hydrogens (tertiary/aromatic N) is 8. The topological polar surface area (TPSA) is 103 Å². The zero-order valence-corrected chi connectivity index (χ0v) is 80.1. The van der Waals surface area contributed by atoms with Gasteiger partial charge >= 0.3 is 0 Å². The standard InChI is InChI=1S/C19H16N.2C18H14N.C17H12N.C12H10N.3C11H8N.4Ir/c1-2-15-13-19(17-11-7-4-8-12-17)20-14-18(15)16-9-5-3-6-10-16;2*1-14-12-18(16-10-6-3-7-11-16)19-13-17(14)15-8-4-2-5-9-15;1-3-7-14(8-4-1)16-11-12-17(18-13-16)15-9-5-2-6-10-15;1-10-6-5-9-12(13-10)11-7-3-2-4-8-11;3*1-2-6-10(7-3-1)11-8-4-5-9-12-11;;;;/h3-11,13-14H,2H2,1H3;2*2-10,12-13H,1H3;1-9,11-13H;2-7,9H,1H3;3*1-6,8-9H;;;;/q8*-1;;;;/i;1D3;;;1D3;;;;;;;. The van der Waals surface area contributed by atoms with Crippen LogP contribution in [-0.2, 0) is 86.8 Å². The van der Waals surface area contributed by atoms with E-state index in [0.29, 0.717) is 22.5 Å². The van der Waals surface area contributed by atoms with Crippen LogP contribution >= 0.6 is 0 Å². The number of hydrogen-bond acceptors (Lipinski definition) is 8. The molecule has 0 unspecified atom stereocenters. The van der Waals surface area contributed by atoms with E-state index in [0.717, 1.165) is 96.2 Å². The molecule has 0 saturated heterocycles. The van der Waals surface area contributed by atoms with Gasteiger partial charge in [0.2, 0.25) is 0 Å². The molecule has 12 heteroatoms. The van der Waals surface area contributed by atoms with E-state index >= 15 is 0 Å². The first-order chi connectivity index (χ1) is 64.2. The van der Waals surface area contributed by atoms with Gasteiger partial charge in [0.25, 0.3) is 0 Å². The van der Waals surface area contributed by atoms with Crippen molar-refractivity contribution in [3.8, 4) is 135 Å². The summed E-state index contributed by atoms with van der Waals surface area (Å²) >= 11 is 0. The predicted molar refractivity (Wildman–Crippen MR) is 513 cm³/mol. The molecule has 0 aliphatic carbocycles. The molecule has 0 bridgehead atoms. The fourth-order valence-corrected chi connectivity index (χ4v) is 12.8. The molecule has 4 radical (unpaired) electrons. The van der Waals surface area contributed by atoms with Crippen LogP contribution < -0.4 is 0 Å². The van der Waals surface area contributed by atoms with E-state index in [1.807, 2.05) is 334 Å². The molecule has 20 rings (SSSR count). The molecule has 8 aromatic heterocycles. The maximum Gasteiger partial charge on any atom is 0.0295 e. The van der Waals surface area contributed by atoms with Crippen LogP contribution in [0.25, 0.3) is 135 Å². The summed E-state index contributed by atoms with van der Waals surface area (Å²) < 4.78 is 45.3. The van der Waals surface area contributed by atoms with Crippen molar-refractivity contribution in [2.24, 2.45) is 0 Å². The van der Waals surface area contributed by atoms with Gasteiger partial charge in [-0.25, -0.2) is 0 Å². The van der Waals surface area contributed by atoms with Crippen LogP contribution in [0.1, 0.15) is 37.5 Å². The summed E-state index contributed by atoms with van der Waals surface area (Å²) in [6.07, 6.45) is 13.8. The van der Waals surface area contributed by atoms with E-state index in [9.17, 15) is 0 Å². The van der Waals surface area contributed by atoms with Crippen LogP contribution in [0.2, 0.25) is 0 Å². The Hall–Kier alpha value is -13.6. The summed E-state index contributed by atoms with van der Waals surface area (Å²) in [4.78, 5) is 34.8. The van der Waals surface area contributed by atoms with Gasteiger partial charge in [-0.15, -0.1) is 287 Å². The Bertz CT molecular complexity index is 6360. The van der Waals surface area contributed by atoms with Gasteiger partial charge in [0, 0.05) is 154 Å². The Kier molecular flexibility index (Phi) is 38.6. The molecule has 8 heterocycles. The summed E-state index contributed by atoms with van der Waals surface area (Å²) in [5, 5.41) is 0. The summed E-state index contributed by atoms with van der Waals surface area (Å²) in [5.74, 6) is 0. The van der Waals surface area contributed by atoms with Crippen molar-refractivity contribution in [1.29, 1.82) is 0 Å². The molecule has 12 aromatic carbocycles. The fourth-order valence-electron chi connectivity index (χ4n) is 12.8. The van der Waals surface area contributed by atoms with Gasteiger partial charge in [-0.2, -0.15) is 0 Å². The van der Waals surface area contributed by atoms with Gasteiger partial charge in [0.15, 0.2) is 0 Å². The Morgan fingerprint density at radius 2 is 0.512 bits per heavy atom. The van der Waals surface area contributed by atoms with Crippen LogP contribution in [0.5, 0.6) is 0 Å². The van der Waals surface area contributed by atoms with Crippen molar-refractivity contribution in [2.75, 3.05) is 0 Å². The van der Waals surface area contributed by atoms with Crippen LogP contribution in [0.4, 0.5) is 0 Å². The number of benzene rings is 12. The molecular weight excluding hydrogens is 2290 g/mol. The minimum absolute atomic E-state index is 0. The third-order valence-corrected chi connectivity index (χ3v) is 19.1. The molecule has 0 aliphatic rings. The first-order valence-electron chi connectivity index (χ1n) is 43.8. The van der Waals surface area contributed by atoms with Crippen molar-refractivity contribution in [2.45, 2.75) is 34.0 Å². The van der Waals surface area contributed by atoms with E-state index in [2.05, 4.69) is 169 Å². The SMILES string of the molecule is CCc1cc(-c2[c-]cccc2)ncc1-c1ccccc1.Cc1cc(-c2[c-]cccc2)ncc1-c1ccccc1.[2H]C([2H])([2H])c1cc(-c2[c-]cccc2)ncc1-c1ccccc1.[2H]C([2H])([2H])c1cccc(-c2[c-]cccc2)n1.[Ir].[Ir].[Ir].[Ir].[c-]1ccccc1-c1ccc(-c2ccccc2)cn1.[c-]1ccccc1-c1ccccn1.[c-]1ccccc1-c1ccccn1.[c-]1ccccc1-c1ccccn1. The second-order valence-electron chi connectivity index (χ2n) is 27.7. The second kappa shape index (κ2) is 55.1. The number of aryl methyl sites for hydroxylation is 4. The van der Waals surface area contributed by atoms with Crippen molar-refractivity contribution >= 4 is 0 Å². The first kappa shape index (κ1) is 90.2. The molecule has 0 spiro atoms. The van der Waals surface area contributed by atoms with Crippen molar-refractivity contribution in [3.05, 3.63) is 533 Å². The maximum atomic E-state index is 7.82. The second-order valence-corrected chi connectivity index (χ2v) is 27.7. The Balaban J connectivity index is 0.000000174. The Morgan fingerprint density at radius 1 is 0.225 bits per heavy atom. The minimum atomic E-state index is -2.20. The van der Waals surface area contributed by atoms with Gasteiger partial charge < -0.3 is 39.9 Å². The largest absolute Gasteiger partial charge is 0.305 e. The van der Waals surface area contributed by atoms with Crippen LogP contribution in [0.15, 0.2) is 462 Å². The van der Waals surface area contributed by atoms with Crippen LogP contribution in [-0.4, -0.2) is 39.9 Å². The van der Waals surface area contributed by atoms with Crippen molar-refractivity contribution in [3.63, 3.8) is 0 Å². The minimum Gasteiger partial charge on any atom is -0.305 e. The van der Waals surface area contributed by atoms with Crippen molar-refractivity contribution < 1.29 is 88.6 Å². The summed E-state index contributed by atoms with van der Waals surface area (Å²) in [5.41, 5.74) is 26.5. The molecule has 8 nitrogen and oxygen atoms in total. The van der Waals surface area contributed by atoms with Crippen molar-refractivity contribution in [1.82, 2.24) is 39.9 Å². The van der Waals surface area contributed by atoms with E-state index < -0.39 is 13.7 Å². The van der Waals surface area contributed by atoms with Gasteiger partial charge in [0.05, 0.1) is 0 Å². The zero-order valence-electron chi connectivity index (χ0n) is 76.5. The molecule has 0 saturated carbocycles. The monoisotopic (exact) mass is 2380 g/mol. The molecule has 642 valence electrons. The zero-order chi connectivity index (χ0) is 90.9. The van der Waals surface area contributed by atoms with E-state index in [-0.39, 0.29) is 86.1 Å². The predicted octanol–water partition coefficient (Wildman–Crippen LogP) is 28.5. The Morgan fingerprint density at radius 3 is 0.822 bits per heavy atom. The molecule has 0 fully saturated rings. The van der Waals surface area contributed by atoms with Gasteiger partial charge in [0.1, 0.15) is 0 Å². The van der Waals surface area contributed by atoms with E-state index in [4.69, 9.17) is 8.22 Å². The van der Waals surface area contributed by atoms with E-state index in [1.165, 1.54) is 45.0 Å². The molecule has 0 aliphatic heterocycles. The van der Waals surface area contributed by atoms with Crippen LogP contribution in [0, 0.1) is 69.2 Å². The summed E-state index contributed by atoms with van der Waals surface area (Å²) in [6, 6.07) is 160. The van der Waals surface area contributed by atoms with Gasteiger partial charge in [-0.3, -0.25) is 0 Å². The number of rotatable bonds is 13. The smallest absolute Gasteiger partial charge is 0.0295 e. The molecule has 20 aromatic rings. The molecule has 0 atom stereocenters. The number of hydrogen-bond donors (Lipinski definition) is 0. The Labute approximate surface area is 822 Å². The van der Waals surface area contributed by atoms with Gasteiger partial charge in [-0.05, 0) is 141 Å². The maximum absolute atomic E-state index is 7.82. The molecular formula is C117H90Ir4N8-8. The average Bonchev–Trinajstić information content (AvgIpc) is 0.786. The van der Waals surface area contributed by atoms with Gasteiger partial charge in [-0.1, -0.05) is 207 Å². The normalized spacial score (nSPS) is 10.7. The molecule has 0 N–H and O–H groups in total. The summed E-state index contributed by atoms with van der Waals surface area (Å²) in [7, 11) is 0. The molecule has 0 amide bonds. The third kappa shape index (κ3) is 31.2. The third-order valence-electron chi connectivity index (χ3n) is 19.1. The number of pyridine rings is 8. The van der Waals surface area contributed by atoms with Crippen LogP contribution in [0.3, 0.4) is 0 Å². The van der Waals surface area contributed by atoms with E-state index in [1.54, 1.807) is 55.1 Å². The fraction of sp³-hybridized carbons (Fsp3) is 0.0427. The summed E-state index contributed by atoms with van der Waals surface area (Å²) in [6.45, 7) is -0.0564. The average molecular weight is 2380 g/mol. The first-order valence-corrected chi connectivity index (χ1v) is 40.8.